The van der Waals surface area contributed by atoms with Crippen LogP contribution in [0.2, 0.25) is 5.02 Å². The summed E-state index contributed by atoms with van der Waals surface area (Å²) in [4.78, 5) is 0. The molecule has 0 fully saturated rings. The lowest BCUT2D eigenvalue weighted by Gasteiger charge is -2.19. The molecule has 1 atom stereocenters. The Morgan fingerprint density at radius 2 is 1.83 bits per heavy atom. The quantitative estimate of drug-likeness (QED) is 0.630. The minimum absolute atomic E-state index is 0.00438. The molecule has 1 N–H and O–H groups in total. The molecule has 23 heavy (non-hydrogen) atoms. The first kappa shape index (κ1) is 18.4. The lowest BCUT2D eigenvalue weighted by atomic mass is 10.2. The third-order valence-corrected chi connectivity index (χ3v) is 2.85. The first-order chi connectivity index (χ1) is 10.7. The Labute approximate surface area is 138 Å². The molecule has 1 aromatic carbocycles. The van der Waals surface area contributed by atoms with Crippen LogP contribution < -0.4 is 10.1 Å². The van der Waals surface area contributed by atoms with Crippen molar-refractivity contribution >= 4 is 28.9 Å². The molecule has 0 saturated carbocycles. The van der Waals surface area contributed by atoms with Gasteiger partial charge >= 0.3 is 6.11 Å². The van der Waals surface area contributed by atoms with Crippen molar-refractivity contribution in [2.75, 3.05) is 5.32 Å². The van der Waals surface area contributed by atoms with E-state index in [0.29, 0.717) is 0 Å². The van der Waals surface area contributed by atoms with Crippen LogP contribution >= 0.6 is 23.2 Å². The van der Waals surface area contributed by atoms with E-state index in [1.807, 2.05) is 0 Å². The van der Waals surface area contributed by atoms with Crippen molar-refractivity contribution < 1.29 is 17.9 Å². The Hall–Kier alpha value is -2.60. The summed E-state index contributed by atoms with van der Waals surface area (Å²) in [5.74, 6) is -0.613. The highest BCUT2D eigenvalue weighted by atomic mass is 35.5. The summed E-state index contributed by atoms with van der Waals surface area (Å²) in [6.45, 7) is 0. The molecule has 0 aromatic heterocycles. The Balaban J connectivity index is 3.18. The fraction of sp³-hybridized carbons (Fsp3) is 0.154. The monoisotopic (exact) mass is 360 g/mol. The highest BCUT2D eigenvalue weighted by Crippen LogP contribution is 2.35. The van der Waals surface area contributed by atoms with Gasteiger partial charge in [-0.2, -0.15) is 24.6 Å². The van der Waals surface area contributed by atoms with Gasteiger partial charge in [0.15, 0.2) is 5.57 Å². The largest absolute Gasteiger partial charge is 0.444 e. The normalized spacial score (nSPS) is 11.4. The van der Waals surface area contributed by atoms with Crippen molar-refractivity contribution in [2.45, 2.75) is 11.7 Å². The SMILES string of the molecule is N#CC(C#N)=C(C#N)Nc1ccc(Cl)c(OC(F)(F)C(F)Cl)c1. The van der Waals surface area contributed by atoms with E-state index < -0.39 is 28.8 Å². The zero-order valence-electron chi connectivity index (χ0n) is 10.9. The van der Waals surface area contributed by atoms with Crippen molar-refractivity contribution in [3.8, 4) is 24.0 Å². The van der Waals surface area contributed by atoms with E-state index in [2.05, 4.69) is 21.7 Å². The van der Waals surface area contributed by atoms with E-state index in [9.17, 15) is 13.2 Å². The number of hydrogen-bond acceptors (Lipinski definition) is 5. The third kappa shape index (κ3) is 4.69. The zero-order valence-corrected chi connectivity index (χ0v) is 12.5. The van der Waals surface area contributed by atoms with Crippen molar-refractivity contribution in [1.82, 2.24) is 0 Å². The molecule has 1 aromatic rings. The Morgan fingerprint density at radius 3 is 2.30 bits per heavy atom. The number of allylic oxidation sites excluding steroid dienone is 2. The smallest absolute Gasteiger partial charge is 0.428 e. The van der Waals surface area contributed by atoms with Gasteiger partial charge < -0.3 is 10.1 Å². The number of nitrogens with zero attached hydrogens (tertiary/aromatic N) is 3. The molecule has 0 aliphatic rings. The maximum Gasteiger partial charge on any atom is 0.444 e. The molecule has 1 rings (SSSR count). The fourth-order valence-corrected chi connectivity index (χ4v) is 1.48. The highest BCUT2D eigenvalue weighted by molar-refractivity contribution is 6.32. The molecular weight excluding hydrogens is 356 g/mol. The summed E-state index contributed by atoms with van der Waals surface area (Å²) in [6.07, 6.45) is -4.33. The van der Waals surface area contributed by atoms with Gasteiger partial charge in [0.2, 0.25) is 0 Å². The molecule has 0 aliphatic heterocycles. The minimum atomic E-state index is -4.33. The van der Waals surface area contributed by atoms with Crippen molar-refractivity contribution in [3.05, 3.63) is 34.5 Å². The number of benzene rings is 1. The second kappa shape index (κ2) is 7.60. The molecule has 0 saturated heterocycles. The molecule has 10 heteroatoms. The van der Waals surface area contributed by atoms with Gasteiger partial charge in [-0.1, -0.05) is 23.2 Å². The number of rotatable bonds is 5. The maximum atomic E-state index is 13.2. The van der Waals surface area contributed by atoms with Crippen LogP contribution in [0.1, 0.15) is 0 Å². The van der Waals surface area contributed by atoms with Crippen LogP contribution in [0.25, 0.3) is 0 Å². The molecule has 0 aliphatic carbocycles. The van der Waals surface area contributed by atoms with E-state index in [4.69, 9.17) is 27.4 Å². The van der Waals surface area contributed by atoms with E-state index in [-0.39, 0.29) is 10.7 Å². The van der Waals surface area contributed by atoms with Crippen LogP contribution in [0.4, 0.5) is 18.9 Å². The van der Waals surface area contributed by atoms with Crippen molar-refractivity contribution in [3.63, 3.8) is 0 Å². The molecule has 0 bridgehead atoms. The van der Waals surface area contributed by atoms with Crippen molar-refractivity contribution in [1.29, 1.82) is 15.8 Å². The van der Waals surface area contributed by atoms with Gasteiger partial charge in [0.25, 0.3) is 5.63 Å². The number of hydrogen-bond donors (Lipinski definition) is 1. The molecule has 118 valence electrons. The van der Waals surface area contributed by atoms with E-state index in [0.717, 1.165) is 12.1 Å². The first-order valence-electron chi connectivity index (χ1n) is 5.61. The van der Waals surface area contributed by atoms with E-state index in [1.54, 1.807) is 6.07 Å². The standard InChI is InChI=1S/C13H5Cl2F3N4O/c14-9-2-1-8(22-10(6-21)7(4-19)5-20)3-11(9)23-13(17,18)12(15)16/h1-3,12,22H. The zero-order chi connectivity index (χ0) is 17.6. The predicted molar refractivity (Wildman–Crippen MR) is 75.3 cm³/mol. The average Bonchev–Trinajstić information content (AvgIpc) is 2.50. The van der Waals surface area contributed by atoms with Crippen molar-refractivity contribution in [2.24, 2.45) is 0 Å². The predicted octanol–water partition coefficient (Wildman–Crippen LogP) is 4.08. The third-order valence-electron chi connectivity index (χ3n) is 2.29. The van der Waals surface area contributed by atoms with Gasteiger partial charge in [-0.3, -0.25) is 0 Å². The van der Waals surface area contributed by atoms with E-state index in [1.165, 1.54) is 18.2 Å². The molecule has 5 nitrogen and oxygen atoms in total. The van der Waals surface area contributed by atoms with Gasteiger partial charge in [0, 0.05) is 11.8 Å². The van der Waals surface area contributed by atoms with Gasteiger partial charge in [-0.25, -0.2) is 4.39 Å². The summed E-state index contributed by atoms with van der Waals surface area (Å²) in [5, 5.41) is 28.4. The average molecular weight is 361 g/mol. The number of nitrogens with one attached hydrogen (secondary N) is 1. The van der Waals surface area contributed by atoms with Crippen LogP contribution in [-0.4, -0.2) is 11.7 Å². The first-order valence-corrected chi connectivity index (χ1v) is 6.42. The Morgan fingerprint density at radius 1 is 1.22 bits per heavy atom. The second-order valence-electron chi connectivity index (χ2n) is 3.82. The molecule has 0 heterocycles. The number of nitriles is 3. The summed E-state index contributed by atoms with van der Waals surface area (Å²) in [7, 11) is 0. The van der Waals surface area contributed by atoms with Gasteiger partial charge in [0.1, 0.15) is 29.7 Å². The van der Waals surface area contributed by atoms with Crippen LogP contribution in [0.3, 0.4) is 0 Å². The topological polar surface area (TPSA) is 92.6 Å². The van der Waals surface area contributed by atoms with E-state index >= 15 is 0 Å². The van der Waals surface area contributed by atoms with Crippen LogP contribution in [0.5, 0.6) is 5.75 Å². The highest BCUT2D eigenvalue weighted by Gasteiger charge is 2.42. The maximum absolute atomic E-state index is 13.2. The summed E-state index contributed by atoms with van der Waals surface area (Å²) in [6, 6.07) is 7.88. The molecule has 0 radical (unpaired) electrons. The van der Waals surface area contributed by atoms with Crippen LogP contribution in [0, 0.1) is 34.0 Å². The van der Waals surface area contributed by atoms with Crippen LogP contribution in [0.15, 0.2) is 29.5 Å². The number of ether oxygens (including phenoxy) is 1. The minimum Gasteiger partial charge on any atom is -0.428 e. The van der Waals surface area contributed by atoms with Gasteiger partial charge in [-0.15, -0.1) is 0 Å². The fourth-order valence-electron chi connectivity index (χ4n) is 1.28. The second-order valence-corrected chi connectivity index (χ2v) is 4.61. The number of halogens is 5. The Bertz CT molecular complexity index is 744. The molecule has 0 amide bonds. The molecule has 1 unspecified atom stereocenters. The summed E-state index contributed by atoms with van der Waals surface area (Å²) >= 11 is 10.3. The lowest BCUT2D eigenvalue weighted by Crippen LogP contribution is -2.32. The van der Waals surface area contributed by atoms with Gasteiger partial charge in [-0.05, 0) is 12.1 Å². The summed E-state index contributed by atoms with van der Waals surface area (Å²) < 4.78 is 43.0. The summed E-state index contributed by atoms with van der Waals surface area (Å²) in [5.41, 5.74) is -4.02. The number of anilines is 1. The number of alkyl halides is 4. The van der Waals surface area contributed by atoms with Crippen LogP contribution in [-0.2, 0) is 0 Å². The molecule has 0 spiro atoms. The molecular formula is C13H5Cl2F3N4O. The lowest BCUT2D eigenvalue weighted by molar-refractivity contribution is -0.198. The Kier molecular flexibility index (Phi) is 6.10. The van der Waals surface area contributed by atoms with Gasteiger partial charge in [0.05, 0.1) is 5.02 Å².